The lowest BCUT2D eigenvalue weighted by molar-refractivity contribution is -0.384. The van der Waals surface area contributed by atoms with Gasteiger partial charge in [-0.15, -0.1) is 0 Å². The number of hydrogen-bond acceptors (Lipinski definition) is 4. The van der Waals surface area contributed by atoms with E-state index in [1.165, 1.54) is 12.1 Å². The summed E-state index contributed by atoms with van der Waals surface area (Å²) in [6.07, 6.45) is 0. The number of methoxy groups -OCH3 is 1. The maximum Gasteiger partial charge on any atom is 0.269 e. The Bertz CT molecular complexity index is 641. The number of nitrogens with zero attached hydrogens (tertiary/aromatic N) is 1. The standard InChI is InChI=1S/C15H16N2O3/c1-10-6-7-12(17(18)19)9-14(10)15(16)11-4-3-5-13(8-11)20-2/h3-9,15H,16H2,1-2H3. The molecule has 0 aliphatic carbocycles. The maximum atomic E-state index is 10.9. The molecule has 0 bridgehead atoms. The van der Waals surface area contributed by atoms with Gasteiger partial charge in [0, 0.05) is 12.1 Å². The van der Waals surface area contributed by atoms with Gasteiger partial charge in [0.2, 0.25) is 0 Å². The monoisotopic (exact) mass is 272 g/mol. The van der Waals surface area contributed by atoms with Gasteiger partial charge in [-0.05, 0) is 35.7 Å². The summed E-state index contributed by atoms with van der Waals surface area (Å²) >= 11 is 0. The third-order valence-corrected chi connectivity index (χ3v) is 3.26. The van der Waals surface area contributed by atoms with Crippen molar-refractivity contribution in [1.29, 1.82) is 0 Å². The van der Waals surface area contributed by atoms with Gasteiger partial charge in [0.05, 0.1) is 18.1 Å². The van der Waals surface area contributed by atoms with Crippen LogP contribution in [0.25, 0.3) is 0 Å². The van der Waals surface area contributed by atoms with E-state index >= 15 is 0 Å². The highest BCUT2D eigenvalue weighted by Crippen LogP contribution is 2.28. The Morgan fingerprint density at radius 2 is 2.00 bits per heavy atom. The number of benzene rings is 2. The average Bonchev–Trinajstić information content (AvgIpc) is 2.46. The molecule has 5 heteroatoms. The van der Waals surface area contributed by atoms with Crippen molar-refractivity contribution >= 4 is 5.69 Å². The first-order valence-corrected chi connectivity index (χ1v) is 6.17. The van der Waals surface area contributed by atoms with Gasteiger partial charge in [0.15, 0.2) is 0 Å². The predicted molar refractivity (Wildman–Crippen MR) is 76.9 cm³/mol. The minimum absolute atomic E-state index is 0.0453. The second-order valence-corrected chi connectivity index (χ2v) is 4.55. The molecule has 2 rings (SSSR count). The third-order valence-electron chi connectivity index (χ3n) is 3.26. The zero-order chi connectivity index (χ0) is 14.7. The van der Waals surface area contributed by atoms with E-state index in [1.807, 2.05) is 31.2 Å². The fraction of sp³-hybridized carbons (Fsp3) is 0.200. The van der Waals surface area contributed by atoms with Crippen molar-refractivity contribution in [2.75, 3.05) is 7.11 Å². The molecule has 0 aliphatic rings. The molecule has 2 N–H and O–H groups in total. The lowest BCUT2D eigenvalue weighted by atomic mass is 9.95. The molecule has 0 aromatic heterocycles. The van der Waals surface area contributed by atoms with Crippen LogP contribution in [0.4, 0.5) is 5.69 Å². The molecule has 0 amide bonds. The van der Waals surface area contributed by atoms with Gasteiger partial charge in [-0.3, -0.25) is 10.1 Å². The smallest absolute Gasteiger partial charge is 0.269 e. The number of nitro groups is 1. The van der Waals surface area contributed by atoms with Gasteiger partial charge >= 0.3 is 0 Å². The largest absolute Gasteiger partial charge is 0.497 e. The predicted octanol–water partition coefficient (Wildman–Crippen LogP) is 2.96. The van der Waals surface area contributed by atoms with Crippen LogP contribution in [0, 0.1) is 17.0 Å². The van der Waals surface area contributed by atoms with E-state index in [4.69, 9.17) is 10.5 Å². The van der Waals surface area contributed by atoms with Gasteiger partial charge in [0.25, 0.3) is 5.69 Å². The number of hydrogen-bond donors (Lipinski definition) is 1. The lowest BCUT2D eigenvalue weighted by Gasteiger charge is -2.15. The van der Waals surface area contributed by atoms with E-state index < -0.39 is 11.0 Å². The molecule has 2 aromatic carbocycles. The summed E-state index contributed by atoms with van der Waals surface area (Å²) in [6, 6.07) is 11.7. The van der Waals surface area contributed by atoms with E-state index in [0.29, 0.717) is 5.75 Å². The van der Waals surface area contributed by atoms with E-state index in [0.717, 1.165) is 16.7 Å². The van der Waals surface area contributed by atoms with E-state index in [2.05, 4.69) is 0 Å². The molecule has 0 saturated heterocycles. The first-order chi connectivity index (χ1) is 9.52. The number of nitro benzene ring substituents is 1. The molecule has 2 aromatic rings. The summed E-state index contributed by atoms with van der Waals surface area (Å²) in [7, 11) is 1.59. The summed E-state index contributed by atoms with van der Waals surface area (Å²) in [5.41, 5.74) is 8.80. The highest BCUT2D eigenvalue weighted by atomic mass is 16.6. The van der Waals surface area contributed by atoms with Gasteiger partial charge in [0.1, 0.15) is 5.75 Å². The van der Waals surface area contributed by atoms with Crippen LogP contribution in [0.15, 0.2) is 42.5 Å². The molecule has 0 saturated carbocycles. The summed E-state index contributed by atoms with van der Waals surface area (Å²) in [5.74, 6) is 0.709. The molecule has 20 heavy (non-hydrogen) atoms. The summed E-state index contributed by atoms with van der Waals surface area (Å²) < 4.78 is 5.17. The van der Waals surface area contributed by atoms with Crippen molar-refractivity contribution in [3.05, 3.63) is 69.3 Å². The molecule has 0 aliphatic heterocycles. The summed E-state index contributed by atoms with van der Waals surface area (Å²) in [6.45, 7) is 1.89. The highest BCUT2D eigenvalue weighted by molar-refractivity contribution is 5.45. The molecule has 104 valence electrons. The van der Waals surface area contributed by atoms with E-state index in [1.54, 1.807) is 13.2 Å². The molecule has 0 fully saturated rings. The Labute approximate surface area is 117 Å². The van der Waals surface area contributed by atoms with Crippen LogP contribution in [0.1, 0.15) is 22.7 Å². The minimum atomic E-state index is -0.426. The first-order valence-electron chi connectivity index (χ1n) is 6.17. The zero-order valence-electron chi connectivity index (χ0n) is 11.4. The van der Waals surface area contributed by atoms with Crippen LogP contribution < -0.4 is 10.5 Å². The van der Waals surface area contributed by atoms with Crippen LogP contribution in [-0.4, -0.2) is 12.0 Å². The number of nitrogens with two attached hydrogens (primary N) is 1. The van der Waals surface area contributed by atoms with Crippen molar-refractivity contribution < 1.29 is 9.66 Å². The molecule has 0 radical (unpaired) electrons. The van der Waals surface area contributed by atoms with Crippen molar-refractivity contribution in [2.45, 2.75) is 13.0 Å². The van der Waals surface area contributed by atoms with E-state index in [9.17, 15) is 10.1 Å². The Kier molecular flexibility index (Phi) is 4.00. The number of rotatable bonds is 4. The molecular weight excluding hydrogens is 256 g/mol. The maximum absolute atomic E-state index is 10.9. The van der Waals surface area contributed by atoms with Crippen LogP contribution in [0.3, 0.4) is 0 Å². The van der Waals surface area contributed by atoms with Gasteiger partial charge < -0.3 is 10.5 Å². The van der Waals surface area contributed by atoms with Crippen molar-refractivity contribution in [3.63, 3.8) is 0 Å². The first kappa shape index (κ1) is 14.0. The minimum Gasteiger partial charge on any atom is -0.497 e. The SMILES string of the molecule is COc1cccc(C(N)c2cc([N+](=O)[O-])ccc2C)c1. The summed E-state index contributed by atoms with van der Waals surface area (Å²) in [4.78, 5) is 10.5. The van der Waals surface area contributed by atoms with Crippen LogP contribution in [0.2, 0.25) is 0 Å². The second-order valence-electron chi connectivity index (χ2n) is 4.55. The quantitative estimate of drug-likeness (QED) is 0.685. The molecule has 0 heterocycles. The van der Waals surface area contributed by atoms with Gasteiger partial charge in [-0.1, -0.05) is 18.2 Å². The summed E-state index contributed by atoms with van der Waals surface area (Å²) in [5, 5.41) is 10.9. The zero-order valence-corrected chi connectivity index (χ0v) is 11.4. The third kappa shape index (κ3) is 2.78. The molecule has 1 atom stereocenters. The number of non-ortho nitro benzene ring substituents is 1. The highest BCUT2D eigenvalue weighted by Gasteiger charge is 2.16. The lowest BCUT2D eigenvalue weighted by Crippen LogP contribution is -2.13. The fourth-order valence-corrected chi connectivity index (χ4v) is 2.09. The Balaban J connectivity index is 2.43. The Morgan fingerprint density at radius 1 is 1.25 bits per heavy atom. The van der Waals surface area contributed by atoms with Gasteiger partial charge in [-0.25, -0.2) is 0 Å². The van der Waals surface area contributed by atoms with Crippen molar-refractivity contribution in [2.24, 2.45) is 5.73 Å². The van der Waals surface area contributed by atoms with Crippen LogP contribution >= 0.6 is 0 Å². The van der Waals surface area contributed by atoms with Crippen molar-refractivity contribution in [1.82, 2.24) is 0 Å². The molecular formula is C15H16N2O3. The van der Waals surface area contributed by atoms with Crippen LogP contribution in [-0.2, 0) is 0 Å². The Hall–Kier alpha value is -2.40. The van der Waals surface area contributed by atoms with Crippen molar-refractivity contribution in [3.8, 4) is 5.75 Å². The van der Waals surface area contributed by atoms with Crippen LogP contribution in [0.5, 0.6) is 5.75 Å². The second kappa shape index (κ2) is 5.71. The molecule has 5 nitrogen and oxygen atoms in total. The number of aryl methyl sites for hydroxylation is 1. The van der Waals surface area contributed by atoms with Gasteiger partial charge in [-0.2, -0.15) is 0 Å². The fourth-order valence-electron chi connectivity index (χ4n) is 2.09. The average molecular weight is 272 g/mol. The van der Waals surface area contributed by atoms with E-state index in [-0.39, 0.29) is 5.69 Å². The molecule has 1 unspecified atom stereocenters. The number of ether oxygens (including phenoxy) is 1. The normalized spacial score (nSPS) is 11.9. The Morgan fingerprint density at radius 3 is 2.65 bits per heavy atom. The topological polar surface area (TPSA) is 78.4 Å². The molecule has 0 spiro atoms.